The Morgan fingerprint density at radius 3 is 2.70 bits per heavy atom. The second-order valence-corrected chi connectivity index (χ2v) is 5.63. The van der Waals surface area contributed by atoms with E-state index >= 15 is 0 Å². The van der Waals surface area contributed by atoms with Crippen LogP contribution in [0.3, 0.4) is 0 Å². The molecule has 20 heavy (non-hydrogen) atoms. The van der Waals surface area contributed by atoms with Gasteiger partial charge in [-0.2, -0.15) is 11.8 Å². The van der Waals surface area contributed by atoms with Crippen molar-refractivity contribution in [3.63, 3.8) is 0 Å². The van der Waals surface area contributed by atoms with Crippen molar-refractivity contribution in [3.05, 3.63) is 23.8 Å². The minimum Gasteiger partial charge on any atom is -0.493 e. The average molecular weight is 297 g/mol. The number of unbranched alkanes of at least 4 members (excludes halogenated alkanes) is 2. The van der Waals surface area contributed by atoms with Crippen molar-refractivity contribution in [2.45, 2.75) is 32.7 Å². The van der Waals surface area contributed by atoms with Crippen LogP contribution in [0.4, 0.5) is 0 Å². The molecule has 3 nitrogen and oxygen atoms in total. The van der Waals surface area contributed by atoms with Crippen LogP contribution in [0.15, 0.2) is 18.2 Å². The minimum absolute atomic E-state index is 0.657. The van der Waals surface area contributed by atoms with Gasteiger partial charge in [0.1, 0.15) is 0 Å². The van der Waals surface area contributed by atoms with Crippen LogP contribution in [0.25, 0.3) is 0 Å². The lowest BCUT2D eigenvalue weighted by Gasteiger charge is -2.11. The van der Waals surface area contributed by atoms with E-state index in [-0.39, 0.29) is 0 Å². The lowest BCUT2D eigenvalue weighted by atomic mass is 10.2. The summed E-state index contributed by atoms with van der Waals surface area (Å²) in [5, 5.41) is 3.48. The molecule has 0 aliphatic carbocycles. The van der Waals surface area contributed by atoms with Gasteiger partial charge in [-0.15, -0.1) is 0 Å². The monoisotopic (exact) mass is 297 g/mol. The van der Waals surface area contributed by atoms with Crippen molar-refractivity contribution in [1.82, 2.24) is 5.32 Å². The molecule has 1 aromatic rings. The molecular formula is C16H27NO2S. The van der Waals surface area contributed by atoms with Gasteiger partial charge in [0.2, 0.25) is 0 Å². The highest BCUT2D eigenvalue weighted by atomic mass is 32.2. The summed E-state index contributed by atoms with van der Waals surface area (Å²) in [6.45, 7) is 4.59. The van der Waals surface area contributed by atoms with Gasteiger partial charge in [0.15, 0.2) is 11.5 Å². The highest BCUT2D eigenvalue weighted by Crippen LogP contribution is 2.27. The number of benzene rings is 1. The standard InChI is InChI=1S/C16H27NO2S/c1-4-19-15-9-8-14(12-16(15)18-2)13-17-10-6-5-7-11-20-3/h8-9,12,17H,4-7,10-11,13H2,1-3H3. The normalized spacial score (nSPS) is 10.6. The molecule has 0 amide bonds. The molecule has 114 valence electrons. The maximum atomic E-state index is 5.52. The topological polar surface area (TPSA) is 30.5 Å². The van der Waals surface area contributed by atoms with Crippen molar-refractivity contribution in [2.24, 2.45) is 0 Å². The first kappa shape index (κ1) is 17.2. The molecule has 1 aromatic carbocycles. The van der Waals surface area contributed by atoms with Gasteiger partial charge in [0.05, 0.1) is 13.7 Å². The second-order valence-electron chi connectivity index (χ2n) is 4.65. The van der Waals surface area contributed by atoms with Crippen molar-refractivity contribution in [2.75, 3.05) is 32.3 Å². The van der Waals surface area contributed by atoms with Gasteiger partial charge in [0.25, 0.3) is 0 Å². The van der Waals surface area contributed by atoms with E-state index in [0.717, 1.165) is 24.6 Å². The van der Waals surface area contributed by atoms with Crippen LogP contribution in [0.1, 0.15) is 31.7 Å². The first-order valence-electron chi connectivity index (χ1n) is 7.31. The van der Waals surface area contributed by atoms with Crippen LogP contribution in [-0.2, 0) is 6.54 Å². The lowest BCUT2D eigenvalue weighted by molar-refractivity contribution is 0.310. The SMILES string of the molecule is CCOc1ccc(CNCCCCCSC)cc1OC. The summed E-state index contributed by atoms with van der Waals surface area (Å²) in [4.78, 5) is 0. The third kappa shape index (κ3) is 6.53. The van der Waals surface area contributed by atoms with Gasteiger partial charge in [0, 0.05) is 6.54 Å². The van der Waals surface area contributed by atoms with Crippen LogP contribution in [0, 0.1) is 0 Å². The summed E-state index contributed by atoms with van der Waals surface area (Å²) >= 11 is 1.93. The van der Waals surface area contributed by atoms with Crippen LogP contribution in [0.2, 0.25) is 0 Å². The average Bonchev–Trinajstić information content (AvgIpc) is 2.48. The Hall–Kier alpha value is -0.870. The number of ether oxygens (including phenoxy) is 2. The van der Waals surface area contributed by atoms with Crippen LogP contribution < -0.4 is 14.8 Å². The second kappa shape index (κ2) is 10.9. The predicted octanol–water partition coefficient (Wildman–Crippen LogP) is 3.72. The molecule has 1 rings (SSSR count). The van der Waals surface area contributed by atoms with Gasteiger partial charge in [-0.05, 0) is 56.0 Å². The summed E-state index contributed by atoms with van der Waals surface area (Å²) in [5.74, 6) is 2.90. The van der Waals surface area contributed by atoms with Gasteiger partial charge in [-0.25, -0.2) is 0 Å². The molecule has 0 atom stereocenters. The van der Waals surface area contributed by atoms with Crippen molar-refractivity contribution < 1.29 is 9.47 Å². The fourth-order valence-electron chi connectivity index (χ4n) is 2.00. The molecule has 0 aliphatic heterocycles. The van der Waals surface area contributed by atoms with E-state index in [1.54, 1.807) is 7.11 Å². The Labute approximate surface area is 127 Å². The van der Waals surface area contributed by atoms with E-state index in [2.05, 4.69) is 17.6 Å². The van der Waals surface area contributed by atoms with Crippen molar-refractivity contribution in [3.8, 4) is 11.5 Å². The van der Waals surface area contributed by atoms with E-state index in [1.807, 2.05) is 30.8 Å². The smallest absolute Gasteiger partial charge is 0.161 e. The summed E-state index contributed by atoms with van der Waals surface area (Å²) in [7, 11) is 1.68. The van der Waals surface area contributed by atoms with Gasteiger partial charge in [-0.1, -0.05) is 12.5 Å². The Kier molecular flexibility index (Phi) is 9.33. The Morgan fingerprint density at radius 2 is 2.00 bits per heavy atom. The molecule has 4 heteroatoms. The van der Waals surface area contributed by atoms with Crippen molar-refractivity contribution >= 4 is 11.8 Å². The molecular weight excluding hydrogens is 270 g/mol. The van der Waals surface area contributed by atoms with Crippen LogP contribution in [0.5, 0.6) is 11.5 Å². The van der Waals surface area contributed by atoms with Crippen molar-refractivity contribution in [1.29, 1.82) is 0 Å². The summed E-state index contributed by atoms with van der Waals surface area (Å²) in [5.41, 5.74) is 1.23. The molecule has 0 bridgehead atoms. The zero-order chi connectivity index (χ0) is 14.6. The molecule has 0 aromatic heterocycles. The zero-order valence-corrected chi connectivity index (χ0v) is 13.7. The number of thioether (sulfide) groups is 1. The minimum atomic E-state index is 0.657. The summed E-state index contributed by atoms with van der Waals surface area (Å²) in [6, 6.07) is 6.12. The maximum Gasteiger partial charge on any atom is 0.161 e. The molecule has 0 aliphatic rings. The number of rotatable bonds is 11. The van der Waals surface area contributed by atoms with E-state index in [0.29, 0.717) is 6.61 Å². The maximum absolute atomic E-state index is 5.52. The van der Waals surface area contributed by atoms with E-state index in [4.69, 9.17) is 9.47 Å². The lowest BCUT2D eigenvalue weighted by Crippen LogP contribution is -2.14. The molecule has 0 fully saturated rings. The third-order valence-corrected chi connectivity index (χ3v) is 3.76. The fourth-order valence-corrected chi connectivity index (χ4v) is 2.50. The molecule has 0 unspecified atom stereocenters. The number of hydrogen-bond acceptors (Lipinski definition) is 4. The highest BCUT2D eigenvalue weighted by molar-refractivity contribution is 7.98. The Balaban J connectivity index is 2.29. The van der Waals surface area contributed by atoms with Crippen LogP contribution in [-0.4, -0.2) is 32.3 Å². The first-order chi connectivity index (χ1) is 9.81. The van der Waals surface area contributed by atoms with Gasteiger partial charge >= 0.3 is 0 Å². The molecule has 0 heterocycles. The van der Waals surface area contributed by atoms with Gasteiger partial charge in [-0.3, -0.25) is 0 Å². The summed E-state index contributed by atoms with van der Waals surface area (Å²) in [6.07, 6.45) is 6.03. The quantitative estimate of drug-likeness (QED) is 0.631. The number of methoxy groups -OCH3 is 1. The molecule has 1 N–H and O–H groups in total. The van der Waals surface area contributed by atoms with E-state index in [9.17, 15) is 0 Å². The highest BCUT2D eigenvalue weighted by Gasteiger charge is 2.04. The molecule has 0 spiro atoms. The van der Waals surface area contributed by atoms with Gasteiger partial charge < -0.3 is 14.8 Å². The molecule has 0 radical (unpaired) electrons. The van der Waals surface area contributed by atoms with E-state index in [1.165, 1.54) is 30.6 Å². The Bertz CT molecular complexity index is 371. The third-order valence-electron chi connectivity index (χ3n) is 3.06. The van der Waals surface area contributed by atoms with Crippen LogP contribution >= 0.6 is 11.8 Å². The fraction of sp³-hybridized carbons (Fsp3) is 0.625. The zero-order valence-electron chi connectivity index (χ0n) is 12.9. The first-order valence-corrected chi connectivity index (χ1v) is 8.70. The van der Waals surface area contributed by atoms with E-state index < -0.39 is 0 Å². The number of hydrogen-bond donors (Lipinski definition) is 1. The Morgan fingerprint density at radius 1 is 1.15 bits per heavy atom. The number of nitrogens with one attached hydrogen (secondary N) is 1. The molecule has 0 saturated heterocycles. The largest absolute Gasteiger partial charge is 0.493 e. The summed E-state index contributed by atoms with van der Waals surface area (Å²) < 4.78 is 10.9. The molecule has 0 saturated carbocycles. The predicted molar refractivity (Wildman–Crippen MR) is 88.1 cm³/mol.